The van der Waals surface area contributed by atoms with Gasteiger partial charge in [0, 0.05) is 16.2 Å². The normalized spacial score (nSPS) is 10.1. The fourth-order valence-corrected chi connectivity index (χ4v) is 1.78. The van der Waals surface area contributed by atoms with Gasteiger partial charge in [0.05, 0.1) is 5.69 Å². The Balaban J connectivity index is 2.50. The average Bonchev–Trinajstić information content (AvgIpc) is 2.20. The Morgan fingerprint density at radius 1 is 1.07 bits per heavy atom. The predicted octanol–water partition coefficient (Wildman–Crippen LogP) is 3.82. The van der Waals surface area contributed by atoms with Gasteiger partial charge in [0.15, 0.2) is 0 Å². The molecule has 0 aliphatic heterocycles. The van der Waals surface area contributed by atoms with Crippen molar-refractivity contribution in [3.8, 4) is 11.3 Å². The van der Waals surface area contributed by atoms with Gasteiger partial charge in [-0.3, -0.25) is 4.98 Å². The molecule has 0 aliphatic rings. The number of hydrogen-bond acceptors (Lipinski definition) is 1. The van der Waals surface area contributed by atoms with E-state index in [-0.39, 0.29) is 0 Å². The van der Waals surface area contributed by atoms with Gasteiger partial charge in [-0.25, -0.2) is 0 Å². The molecule has 0 saturated carbocycles. The van der Waals surface area contributed by atoms with Crippen LogP contribution in [0.4, 0.5) is 0 Å². The number of nitrogens with zero attached hydrogens (tertiary/aromatic N) is 1. The maximum Gasteiger partial charge on any atom is 0.0713 e. The zero-order valence-corrected chi connectivity index (χ0v) is 9.45. The average molecular weight is 248 g/mol. The summed E-state index contributed by atoms with van der Waals surface area (Å²) in [6, 6.07) is 12.2. The SMILES string of the molecule is Cc1ccc(-c2ccccc2Br)nc1. The van der Waals surface area contributed by atoms with Gasteiger partial charge in [0.1, 0.15) is 0 Å². The highest BCUT2D eigenvalue weighted by molar-refractivity contribution is 9.10. The Hall–Kier alpha value is -1.15. The van der Waals surface area contributed by atoms with Gasteiger partial charge in [-0.1, -0.05) is 40.2 Å². The Labute approximate surface area is 91.9 Å². The fourth-order valence-electron chi connectivity index (χ4n) is 1.30. The van der Waals surface area contributed by atoms with Crippen molar-refractivity contribution >= 4 is 15.9 Å². The third kappa shape index (κ3) is 1.85. The van der Waals surface area contributed by atoms with Crippen LogP contribution < -0.4 is 0 Å². The summed E-state index contributed by atoms with van der Waals surface area (Å²) in [4.78, 5) is 4.38. The van der Waals surface area contributed by atoms with E-state index in [4.69, 9.17) is 0 Å². The summed E-state index contributed by atoms with van der Waals surface area (Å²) in [5.74, 6) is 0. The van der Waals surface area contributed by atoms with E-state index < -0.39 is 0 Å². The molecule has 0 saturated heterocycles. The lowest BCUT2D eigenvalue weighted by Gasteiger charge is -2.03. The van der Waals surface area contributed by atoms with Crippen molar-refractivity contribution in [1.29, 1.82) is 0 Å². The second-order valence-electron chi connectivity index (χ2n) is 3.20. The van der Waals surface area contributed by atoms with E-state index in [2.05, 4.69) is 33.0 Å². The summed E-state index contributed by atoms with van der Waals surface area (Å²) in [5.41, 5.74) is 3.32. The van der Waals surface area contributed by atoms with Crippen molar-refractivity contribution in [1.82, 2.24) is 4.98 Å². The van der Waals surface area contributed by atoms with E-state index >= 15 is 0 Å². The van der Waals surface area contributed by atoms with Crippen molar-refractivity contribution < 1.29 is 0 Å². The van der Waals surface area contributed by atoms with E-state index in [0.717, 1.165) is 15.7 Å². The molecule has 14 heavy (non-hydrogen) atoms. The topological polar surface area (TPSA) is 12.9 Å². The number of halogens is 1. The van der Waals surface area contributed by atoms with Crippen LogP contribution in [0.25, 0.3) is 11.3 Å². The van der Waals surface area contributed by atoms with Crippen LogP contribution in [0.15, 0.2) is 47.1 Å². The monoisotopic (exact) mass is 247 g/mol. The molecule has 0 N–H and O–H groups in total. The molecule has 1 aromatic carbocycles. The molecule has 0 spiro atoms. The Morgan fingerprint density at radius 2 is 1.86 bits per heavy atom. The summed E-state index contributed by atoms with van der Waals surface area (Å²) in [6.07, 6.45) is 1.88. The van der Waals surface area contributed by atoms with E-state index in [9.17, 15) is 0 Å². The standard InChI is InChI=1S/C12H10BrN/c1-9-6-7-12(14-8-9)10-4-2-3-5-11(10)13/h2-8H,1H3. The van der Waals surface area contributed by atoms with Crippen molar-refractivity contribution in [3.05, 3.63) is 52.6 Å². The maximum absolute atomic E-state index is 4.38. The molecular weight excluding hydrogens is 238 g/mol. The van der Waals surface area contributed by atoms with Crippen molar-refractivity contribution in [2.24, 2.45) is 0 Å². The summed E-state index contributed by atoms with van der Waals surface area (Å²) in [6.45, 7) is 2.04. The van der Waals surface area contributed by atoms with Gasteiger partial charge in [-0.2, -0.15) is 0 Å². The zero-order chi connectivity index (χ0) is 9.97. The molecule has 0 radical (unpaired) electrons. The number of aryl methyl sites for hydroxylation is 1. The molecule has 0 unspecified atom stereocenters. The molecule has 0 amide bonds. The van der Waals surface area contributed by atoms with Crippen LogP contribution in [-0.4, -0.2) is 4.98 Å². The van der Waals surface area contributed by atoms with Crippen LogP contribution in [0.1, 0.15) is 5.56 Å². The number of rotatable bonds is 1. The number of hydrogen-bond donors (Lipinski definition) is 0. The van der Waals surface area contributed by atoms with Gasteiger partial charge in [0.25, 0.3) is 0 Å². The second-order valence-corrected chi connectivity index (χ2v) is 4.05. The molecule has 0 atom stereocenters. The molecule has 2 aromatic rings. The smallest absolute Gasteiger partial charge is 0.0713 e. The minimum absolute atomic E-state index is 1.00. The molecule has 70 valence electrons. The third-order valence-corrected chi connectivity index (χ3v) is 2.75. The highest BCUT2D eigenvalue weighted by Crippen LogP contribution is 2.25. The molecule has 0 aliphatic carbocycles. The Bertz CT molecular complexity index is 434. The van der Waals surface area contributed by atoms with Crippen LogP contribution in [0.2, 0.25) is 0 Å². The van der Waals surface area contributed by atoms with E-state index in [0.29, 0.717) is 0 Å². The van der Waals surface area contributed by atoms with Crippen LogP contribution in [-0.2, 0) is 0 Å². The first kappa shape index (κ1) is 9.41. The lowest BCUT2D eigenvalue weighted by molar-refractivity contribution is 1.27. The third-order valence-electron chi connectivity index (χ3n) is 2.06. The Kier molecular flexibility index (Phi) is 2.64. The maximum atomic E-state index is 4.38. The lowest BCUT2D eigenvalue weighted by atomic mass is 10.1. The molecule has 2 rings (SSSR count). The molecule has 1 nitrogen and oxygen atoms in total. The van der Waals surface area contributed by atoms with E-state index in [1.165, 1.54) is 5.56 Å². The first-order valence-corrected chi connectivity index (χ1v) is 5.24. The van der Waals surface area contributed by atoms with Gasteiger partial charge in [-0.15, -0.1) is 0 Å². The van der Waals surface area contributed by atoms with Gasteiger partial charge >= 0.3 is 0 Å². The summed E-state index contributed by atoms with van der Waals surface area (Å²) < 4.78 is 1.08. The van der Waals surface area contributed by atoms with Crippen LogP contribution in [0.5, 0.6) is 0 Å². The minimum Gasteiger partial charge on any atom is -0.256 e. The highest BCUT2D eigenvalue weighted by atomic mass is 79.9. The van der Waals surface area contributed by atoms with Gasteiger partial charge in [0.2, 0.25) is 0 Å². The largest absolute Gasteiger partial charge is 0.256 e. The first-order valence-electron chi connectivity index (χ1n) is 4.45. The summed E-state index contributed by atoms with van der Waals surface area (Å²) >= 11 is 3.51. The van der Waals surface area contributed by atoms with Crippen LogP contribution in [0.3, 0.4) is 0 Å². The van der Waals surface area contributed by atoms with Gasteiger partial charge < -0.3 is 0 Å². The second kappa shape index (κ2) is 3.93. The van der Waals surface area contributed by atoms with Crippen LogP contribution in [0, 0.1) is 6.92 Å². The van der Waals surface area contributed by atoms with Crippen molar-refractivity contribution in [3.63, 3.8) is 0 Å². The zero-order valence-electron chi connectivity index (χ0n) is 7.87. The highest BCUT2D eigenvalue weighted by Gasteiger charge is 2.01. The molecule has 2 heteroatoms. The molecule has 1 aromatic heterocycles. The van der Waals surface area contributed by atoms with E-state index in [1.807, 2.05) is 37.4 Å². The molecule has 0 bridgehead atoms. The number of pyridine rings is 1. The molecule has 1 heterocycles. The fraction of sp³-hybridized carbons (Fsp3) is 0.0833. The predicted molar refractivity (Wildman–Crippen MR) is 62.1 cm³/mol. The number of benzene rings is 1. The lowest BCUT2D eigenvalue weighted by Crippen LogP contribution is -1.84. The molecular formula is C12H10BrN. The Morgan fingerprint density at radius 3 is 2.50 bits per heavy atom. The van der Waals surface area contributed by atoms with Crippen molar-refractivity contribution in [2.45, 2.75) is 6.92 Å². The summed E-state index contributed by atoms with van der Waals surface area (Å²) in [5, 5.41) is 0. The van der Waals surface area contributed by atoms with Crippen LogP contribution >= 0.6 is 15.9 Å². The number of aromatic nitrogens is 1. The van der Waals surface area contributed by atoms with Gasteiger partial charge in [-0.05, 0) is 24.6 Å². The quantitative estimate of drug-likeness (QED) is 0.747. The molecule has 0 fully saturated rings. The van der Waals surface area contributed by atoms with Crippen molar-refractivity contribution in [2.75, 3.05) is 0 Å². The minimum atomic E-state index is 1.00. The van der Waals surface area contributed by atoms with E-state index in [1.54, 1.807) is 0 Å². The first-order chi connectivity index (χ1) is 6.77. The summed E-state index contributed by atoms with van der Waals surface area (Å²) in [7, 11) is 0.